The Kier molecular flexibility index (Phi) is 2.45. The molecule has 5 nitrogen and oxygen atoms in total. The van der Waals surface area contributed by atoms with E-state index in [4.69, 9.17) is 0 Å². The van der Waals surface area contributed by atoms with Crippen molar-refractivity contribution in [3.63, 3.8) is 0 Å². The number of rotatable bonds is 2. The third kappa shape index (κ3) is 1.91. The Morgan fingerprint density at radius 3 is 2.68 bits per heavy atom. The Morgan fingerprint density at radius 1 is 1.11 bits per heavy atom. The van der Waals surface area contributed by atoms with E-state index < -0.39 is 5.97 Å². The number of aromatic nitrogens is 2. The maximum Gasteiger partial charge on any atom is 0.336 e. The van der Waals surface area contributed by atoms with Crippen LogP contribution in [0.15, 0.2) is 48.8 Å². The number of benzene rings is 1. The van der Waals surface area contributed by atoms with Gasteiger partial charge in [0.05, 0.1) is 17.5 Å². The molecule has 1 aromatic carbocycles. The highest BCUT2D eigenvalue weighted by molar-refractivity contribution is 5.95. The second-order valence-electron chi connectivity index (χ2n) is 4.13. The van der Waals surface area contributed by atoms with Crippen LogP contribution < -0.4 is 0 Å². The van der Waals surface area contributed by atoms with E-state index in [2.05, 4.69) is 4.98 Å². The Hall–Kier alpha value is -2.82. The molecule has 3 rings (SSSR count). The van der Waals surface area contributed by atoms with E-state index in [1.54, 1.807) is 40.9 Å². The normalized spacial score (nSPS) is 10.7. The van der Waals surface area contributed by atoms with Crippen molar-refractivity contribution in [3.05, 3.63) is 54.4 Å². The van der Waals surface area contributed by atoms with E-state index in [0.717, 1.165) is 0 Å². The number of nitrogens with zero attached hydrogens (tertiary/aromatic N) is 2. The molecule has 2 N–H and O–H groups in total. The van der Waals surface area contributed by atoms with Crippen molar-refractivity contribution in [2.24, 2.45) is 0 Å². The van der Waals surface area contributed by atoms with Crippen molar-refractivity contribution in [2.45, 2.75) is 0 Å². The molecule has 0 atom stereocenters. The predicted molar refractivity (Wildman–Crippen MR) is 69.3 cm³/mol. The average Bonchev–Trinajstić information content (AvgIpc) is 2.81. The quantitative estimate of drug-likeness (QED) is 0.736. The predicted octanol–water partition coefficient (Wildman–Crippen LogP) is 2.41. The van der Waals surface area contributed by atoms with E-state index >= 15 is 0 Å². The van der Waals surface area contributed by atoms with Gasteiger partial charge in [-0.1, -0.05) is 18.2 Å². The fourth-order valence-corrected chi connectivity index (χ4v) is 2.00. The summed E-state index contributed by atoms with van der Waals surface area (Å²) in [6.45, 7) is 0. The fourth-order valence-electron chi connectivity index (χ4n) is 2.00. The Labute approximate surface area is 108 Å². The fraction of sp³-hybridized carbons (Fsp3) is 0. The summed E-state index contributed by atoms with van der Waals surface area (Å²) in [5, 5.41) is 18.6. The van der Waals surface area contributed by atoms with Crippen LogP contribution in [0.3, 0.4) is 0 Å². The summed E-state index contributed by atoms with van der Waals surface area (Å²) in [4.78, 5) is 15.5. The first-order valence-corrected chi connectivity index (χ1v) is 5.65. The molecule has 0 radical (unpaired) electrons. The van der Waals surface area contributed by atoms with Gasteiger partial charge in [0.1, 0.15) is 11.4 Å². The van der Waals surface area contributed by atoms with Crippen LogP contribution in [0.25, 0.3) is 16.9 Å². The number of aromatic hydroxyl groups is 1. The summed E-state index contributed by atoms with van der Waals surface area (Å²) in [7, 11) is 0. The number of imidazole rings is 1. The van der Waals surface area contributed by atoms with Gasteiger partial charge >= 0.3 is 5.97 Å². The molecule has 0 spiro atoms. The lowest BCUT2D eigenvalue weighted by atomic mass is 10.1. The van der Waals surface area contributed by atoms with Crippen LogP contribution in [-0.4, -0.2) is 25.6 Å². The van der Waals surface area contributed by atoms with Gasteiger partial charge in [0.25, 0.3) is 0 Å². The maximum atomic E-state index is 11.2. The number of carboxylic acid groups (broad SMARTS) is 1. The van der Waals surface area contributed by atoms with E-state index in [1.807, 2.05) is 0 Å². The molecular formula is C14H10N2O3. The first kappa shape index (κ1) is 11.3. The molecule has 0 fully saturated rings. The lowest BCUT2D eigenvalue weighted by Crippen LogP contribution is -1.98. The van der Waals surface area contributed by atoms with Crippen molar-refractivity contribution >= 4 is 11.6 Å². The summed E-state index contributed by atoms with van der Waals surface area (Å²) >= 11 is 0. The van der Waals surface area contributed by atoms with E-state index in [1.165, 1.54) is 12.3 Å². The topological polar surface area (TPSA) is 74.8 Å². The number of pyridine rings is 1. The number of carboxylic acids is 1. The van der Waals surface area contributed by atoms with Gasteiger partial charge in [0.2, 0.25) is 0 Å². The van der Waals surface area contributed by atoms with Crippen LogP contribution in [0, 0.1) is 0 Å². The van der Waals surface area contributed by atoms with Gasteiger partial charge in [-0.05, 0) is 18.2 Å². The minimum Gasteiger partial charge on any atom is -0.506 e. The van der Waals surface area contributed by atoms with Gasteiger partial charge in [0, 0.05) is 11.8 Å². The van der Waals surface area contributed by atoms with Crippen LogP contribution in [0.5, 0.6) is 5.75 Å². The Bertz CT molecular complexity index is 777. The molecule has 0 unspecified atom stereocenters. The van der Waals surface area contributed by atoms with Gasteiger partial charge < -0.3 is 14.6 Å². The van der Waals surface area contributed by atoms with Crippen LogP contribution in [0.4, 0.5) is 0 Å². The highest BCUT2D eigenvalue weighted by Crippen LogP contribution is 2.24. The molecule has 2 aromatic heterocycles. The van der Waals surface area contributed by atoms with Gasteiger partial charge in [0.15, 0.2) is 0 Å². The third-order valence-electron chi connectivity index (χ3n) is 2.87. The molecule has 2 heterocycles. The van der Waals surface area contributed by atoms with Crippen molar-refractivity contribution in [1.82, 2.24) is 9.38 Å². The zero-order valence-electron chi connectivity index (χ0n) is 9.82. The van der Waals surface area contributed by atoms with Gasteiger partial charge in [-0.3, -0.25) is 0 Å². The molecule has 0 aliphatic heterocycles. The molecule has 0 saturated heterocycles. The minimum absolute atomic E-state index is 0.128. The molecule has 3 aromatic rings. The number of fused-ring (bicyclic) bond motifs is 1. The monoisotopic (exact) mass is 254 g/mol. The van der Waals surface area contributed by atoms with Crippen molar-refractivity contribution in [1.29, 1.82) is 0 Å². The summed E-state index contributed by atoms with van der Waals surface area (Å²) in [5.74, 6) is -0.863. The summed E-state index contributed by atoms with van der Waals surface area (Å²) in [6, 6.07) is 9.90. The van der Waals surface area contributed by atoms with E-state index in [-0.39, 0.29) is 11.3 Å². The lowest BCUT2D eigenvalue weighted by molar-refractivity contribution is 0.0697. The second-order valence-corrected chi connectivity index (χ2v) is 4.13. The van der Waals surface area contributed by atoms with Crippen LogP contribution >= 0.6 is 0 Å². The highest BCUT2D eigenvalue weighted by atomic mass is 16.4. The van der Waals surface area contributed by atoms with Crippen molar-refractivity contribution in [3.8, 4) is 17.0 Å². The van der Waals surface area contributed by atoms with Gasteiger partial charge in [-0.25, -0.2) is 9.78 Å². The molecule has 0 aliphatic carbocycles. The van der Waals surface area contributed by atoms with Crippen LogP contribution in [0.1, 0.15) is 10.4 Å². The summed E-state index contributed by atoms with van der Waals surface area (Å²) in [5.41, 5.74) is 1.96. The van der Waals surface area contributed by atoms with Crippen LogP contribution in [0.2, 0.25) is 0 Å². The zero-order chi connectivity index (χ0) is 13.4. The van der Waals surface area contributed by atoms with Crippen molar-refractivity contribution < 1.29 is 15.0 Å². The molecule has 0 saturated carbocycles. The third-order valence-corrected chi connectivity index (χ3v) is 2.87. The second kappa shape index (κ2) is 4.13. The molecule has 94 valence electrons. The van der Waals surface area contributed by atoms with Gasteiger partial charge in [-0.2, -0.15) is 0 Å². The summed E-state index contributed by atoms with van der Waals surface area (Å²) in [6.07, 6.45) is 3.21. The molecule has 0 bridgehead atoms. The number of carbonyl (C=O) groups is 1. The molecule has 5 heteroatoms. The smallest absolute Gasteiger partial charge is 0.336 e. The molecule has 0 aliphatic rings. The minimum atomic E-state index is -0.990. The Balaban J connectivity index is 2.22. The zero-order valence-corrected chi connectivity index (χ0v) is 9.82. The number of hydrogen-bond acceptors (Lipinski definition) is 3. The maximum absolute atomic E-state index is 11.2. The molecule has 19 heavy (non-hydrogen) atoms. The largest absolute Gasteiger partial charge is 0.506 e. The lowest BCUT2D eigenvalue weighted by Gasteiger charge is -2.01. The van der Waals surface area contributed by atoms with Gasteiger partial charge in [-0.15, -0.1) is 0 Å². The van der Waals surface area contributed by atoms with E-state index in [9.17, 15) is 15.0 Å². The standard InChI is InChI=1S/C14H10N2O3/c17-9-5-6-13-15-12(8-16(13)7-9)10-3-1-2-4-11(10)14(18)19/h1-8,17H,(H,18,19). The average molecular weight is 254 g/mol. The summed E-state index contributed by atoms with van der Waals surface area (Å²) < 4.78 is 1.66. The first-order valence-electron chi connectivity index (χ1n) is 5.65. The number of hydrogen-bond donors (Lipinski definition) is 2. The van der Waals surface area contributed by atoms with Crippen molar-refractivity contribution in [2.75, 3.05) is 0 Å². The first-order chi connectivity index (χ1) is 9.15. The van der Waals surface area contributed by atoms with Crippen LogP contribution in [-0.2, 0) is 0 Å². The SMILES string of the molecule is O=C(O)c1ccccc1-c1cn2cc(O)ccc2n1. The van der Waals surface area contributed by atoms with E-state index in [0.29, 0.717) is 16.9 Å². The molecule has 0 amide bonds. The number of aromatic carboxylic acids is 1. The molecular weight excluding hydrogens is 244 g/mol. The Morgan fingerprint density at radius 2 is 1.89 bits per heavy atom. The highest BCUT2D eigenvalue weighted by Gasteiger charge is 2.13.